The summed E-state index contributed by atoms with van der Waals surface area (Å²) in [5, 5.41) is 9.17. The molecular weight excluding hydrogens is 280 g/mol. The van der Waals surface area contributed by atoms with Crippen molar-refractivity contribution in [1.82, 2.24) is 4.90 Å². The van der Waals surface area contributed by atoms with Gasteiger partial charge in [-0.3, -0.25) is 4.90 Å². The van der Waals surface area contributed by atoms with Crippen LogP contribution in [-0.4, -0.2) is 54.9 Å². The zero-order chi connectivity index (χ0) is 15.2. The molecule has 1 aromatic carbocycles. The predicted octanol–water partition coefficient (Wildman–Crippen LogP) is 1.91. The number of rotatable bonds is 6. The normalized spacial score (nSPS) is 23.5. The van der Waals surface area contributed by atoms with Crippen molar-refractivity contribution < 1.29 is 23.4 Å². The van der Waals surface area contributed by atoms with Crippen LogP contribution in [0.4, 0.5) is 8.78 Å². The molecule has 1 saturated heterocycles. The third-order valence-corrected chi connectivity index (χ3v) is 3.52. The maximum absolute atomic E-state index is 12.1. The Morgan fingerprint density at radius 3 is 2.71 bits per heavy atom. The van der Waals surface area contributed by atoms with Crippen molar-refractivity contribution in [3.05, 3.63) is 29.8 Å². The summed E-state index contributed by atoms with van der Waals surface area (Å²) in [7, 11) is 0. The van der Waals surface area contributed by atoms with Gasteiger partial charge in [0.15, 0.2) is 0 Å². The van der Waals surface area contributed by atoms with Crippen LogP contribution in [0.3, 0.4) is 0 Å². The van der Waals surface area contributed by atoms with Gasteiger partial charge < -0.3 is 14.6 Å². The lowest BCUT2D eigenvalue weighted by Crippen LogP contribution is -2.48. The molecule has 0 spiro atoms. The number of hydrogen-bond acceptors (Lipinski definition) is 4. The van der Waals surface area contributed by atoms with E-state index in [9.17, 15) is 13.9 Å². The number of aliphatic hydroxyl groups is 1. The van der Waals surface area contributed by atoms with E-state index >= 15 is 0 Å². The van der Waals surface area contributed by atoms with Gasteiger partial charge in [-0.2, -0.15) is 0 Å². The number of nitrogens with zero attached hydrogens (tertiary/aromatic N) is 1. The Bertz CT molecular complexity index is 427. The first kappa shape index (κ1) is 16.1. The number of alkyl halides is 2. The lowest BCUT2D eigenvalue weighted by atomic mass is 10.1. The van der Waals surface area contributed by atoms with Crippen molar-refractivity contribution in [2.45, 2.75) is 32.0 Å². The summed E-state index contributed by atoms with van der Waals surface area (Å²) in [6.45, 7) is 3.52. The van der Waals surface area contributed by atoms with Crippen LogP contribution in [0.15, 0.2) is 24.3 Å². The Balaban J connectivity index is 1.90. The Hall–Kier alpha value is -1.24. The molecule has 0 bridgehead atoms. The number of hydrogen-bond donors (Lipinski definition) is 1. The Kier molecular flexibility index (Phi) is 5.90. The molecule has 1 aromatic rings. The van der Waals surface area contributed by atoms with Gasteiger partial charge in [0.1, 0.15) is 12.4 Å². The molecule has 6 heteroatoms. The summed E-state index contributed by atoms with van der Waals surface area (Å²) in [6.07, 6.45) is -2.61. The Labute approximate surface area is 123 Å². The second-order valence-corrected chi connectivity index (χ2v) is 5.26. The first-order chi connectivity index (χ1) is 10.1. The molecule has 1 aliphatic rings. The van der Waals surface area contributed by atoms with Crippen LogP contribution in [0, 0.1) is 0 Å². The number of aliphatic hydroxyl groups excluding tert-OH is 1. The SMILES string of the molecule is CC1COC(CO)CN1Cc1ccc(OCC(F)F)cc1. The van der Waals surface area contributed by atoms with Gasteiger partial charge in [0, 0.05) is 19.1 Å². The highest BCUT2D eigenvalue weighted by molar-refractivity contribution is 5.27. The number of halogens is 2. The topological polar surface area (TPSA) is 41.9 Å². The van der Waals surface area contributed by atoms with Gasteiger partial charge in [-0.05, 0) is 24.6 Å². The predicted molar refractivity (Wildman–Crippen MR) is 74.6 cm³/mol. The molecule has 118 valence electrons. The first-order valence-corrected chi connectivity index (χ1v) is 7.05. The highest BCUT2D eigenvalue weighted by Crippen LogP contribution is 2.18. The molecule has 21 heavy (non-hydrogen) atoms. The fraction of sp³-hybridized carbons (Fsp3) is 0.600. The molecule has 0 radical (unpaired) electrons. The molecule has 2 unspecified atom stereocenters. The molecule has 2 rings (SSSR count). The average molecular weight is 301 g/mol. The summed E-state index contributed by atoms with van der Waals surface area (Å²) < 4.78 is 34.6. The van der Waals surface area contributed by atoms with Gasteiger partial charge in [0.2, 0.25) is 0 Å². The lowest BCUT2D eigenvalue weighted by molar-refractivity contribution is -0.0805. The molecule has 0 saturated carbocycles. The van der Waals surface area contributed by atoms with E-state index in [-0.39, 0.29) is 18.8 Å². The van der Waals surface area contributed by atoms with Crippen LogP contribution in [0.25, 0.3) is 0 Å². The van der Waals surface area contributed by atoms with E-state index in [1.54, 1.807) is 12.1 Å². The Morgan fingerprint density at radius 1 is 1.38 bits per heavy atom. The van der Waals surface area contributed by atoms with Crippen LogP contribution < -0.4 is 4.74 Å². The zero-order valence-electron chi connectivity index (χ0n) is 12.0. The van der Waals surface area contributed by atoms with Gasteiger partial charge in [-0.15, -0.1) is 0 Å². The van der Waals surface area contributed by atoms with Crippen molar-refractivity contribution in [2.75, 3.05) is 26.4 Å². The van der Waals surface area contributed by atoms with Crippen LogP contribution in [0.5, 0.6) is 5.75 Å². The highest BCUT2D eigenvalue weighted by atomic mass is 19.3. The van der Waals surface area contributed by atoms with Gasteiger partial charge in [-0.1, -0.05) is 12.1 Å². The minimum Gasteiger partial charge on any atom is -0.488 e. The summed E-state index contributed by atoms with van der Waals surface area (Å²) in [4.78, 5) is 2.24. The van der Waals surface area contributed by atoms with Gasteiger partial charge >= 0.3 is 0 Å². The molecule has 4 nitrogen and oxygen atoms in total. The van der Waals surface area contributed by atoms with Gasteiger partial charge in [0.05, 0.1) is 19.3 Å². The summed E-state index contributed by atoms with van der Waals surface area (Å²) in [5.74, 6) is 0.447. The monoisotopic (exact) mass is 301 g/mol. The van der Waals surface area contributed by atoms with Crippen molar-refractivity contribution in [1.29, 1.82) is 0 Å². The van der Waals surface area contributed by atoms with Gasteiger partial charge in [-0.25, -0.2) is 8.78 Å². The molecule has 1 aliphatic heterocycles. The van der Waals surface area contributed by atoms with E-state index in [0.717, 1.165) is 12.1 Å². The highest BCUT2D eigenvalue weighted by Gasteiger charge is 2.25. The van der Waals surface area contributed by atoms with E-state index in [4.69, 9.17) is 9.47 Å². The summed E-state index contributed by atoms with van der Waals surface area (Å²) in [5.41, 5.74) is 1.07. The molecule has 2 atom stereocenters. The number of ether oxygens (including phenoxy) is 2. The standard InChI is InChI=1S/C15H21F2NO3/c1-11-9-20-14(8-19)7-18(11)6-12-2-4-13(5-3-12)21-10-15(16)17/h2-5,11,14-15,19H,6-10H2,1H3. The quantitative estimate of drug-likeness (QED) is 0.871. The largest absolute Gasteiger partial charge is 0.488 e. The second-order valence-electron chi connectivity index (χ2n) is 5.26. The third kappa shape index (κ3) is 4.91. The van der Waals surface area contributed by atoms with Crippen LogP contribution in [-0.2, 0) is 11.3 Å². The van der Waals surface area contributed by atoms with Crippen molar-refractivity contribution in [3.63, 3.8) is 0 Å². The third-order valence-electron chi connectivity index (χ3n) is 3.52. The average Bonchev–Trinajstić information content (AvgIpc) is 2.48. The number of morpholine rings is 1. The molecule has 0 amide bonds. The molecule has 0 aliphatic carbocycles. The summed E-state index contributed by atoms with van der Waals surface area (Å²) in [6, 6.07) is 7.43. The molecule has 1 fully saturated rings. The lowest BCUT2D eigenvalue weighted by Gasteiger charge is -2.37. The molecule has 1 N–H and O–H groups in total. The van der Waals surface area contributed by atoms with Gasteiger partial charge in [0.25, 0.3) is 6.43 Å². The smallest absolute Gasteiger partial charge is 0.272 e. The second kappa shape index (κ2) is 7.68. The maximum Gasteiger partial charge on any atom is 0.272 e. The molecular formula is C15H21F2NO3. The van der Waals surface area contributed by atoms with E-state index in [2.05, 4.69) is 11.8 Å². The van der Waals surface area contributed by atoms with E-state index in [0.29, 0.717) is 18.9 Å². The van der Waals surface area contributed by atoms with E-state index in [1.807, 2.05) is 12.1 Å². The van der Waals surface area contributed by atoms with Crippen LogP contribution >= 0.6 is 0 Å². The van der Waals surface area contributed by atoms with E-state index in [1.165, 1.54) is 0 Å². The van der Waals surface area contributed by atoms with Crippen molar-refractivity contribution >= 4 is 0 Å². The minimum absolute atomic E-state index is 0.0175. The number of benzene rings is 1. The molecule has 1 heterocycles. The van der Waals surface area contributed by atoms with Crippen LogP contribution in [0.2, 0.25) is 0 Å². The van der Waals surface area contributed by atoms with Crippen molar-refractivity contribution in [2.24, 2.45) is 0 Å². The van der Waals surface area contributed by atoms with Crippen molar-refractivity contribution in [3.8, 4) is 5.75 Å². The van der Waals surface area contributed by atoms with E-state index < -0.39 is 13.0 Å². The Morgan fingerprint density at radius 2 is 2.10 bits per heavy atom. The fourth-order valence-corrected chi connectivity index (χ4v) is 2.29. The summed E-state index contributed by atoms with van der Waals surface area (Å²) >= 11 is 0. The fourth-order valence-electron chi connectivity index (χ4n) is 2.29. The molecule has 0 aromatic heterocycles. The maximum atomic E-state index is 12.1. The first-order valence-electron chi connectivity index (χ1n) is 7.05. The minimum atomic E-state index is -2.46. The van der Waals surface area contributed by atoms with Crippen LogP contribution in [0.1, 0.15) is 12.5 Å². The zero-order valence-corrected chi connectivity index (χ0v) is 12.0.